The minimum Gasteiger partial charge on any atom is -0.462 e. The van der Waals surface area contributed by atoms with Crippen LogP contribution in [0.5, 0.6) is 0 Å². The number of likely N-dealkylation sites (tertiary alicyclic amines) is 1. The summed E-state index contributed by atoms with van der Waals surface area (Å²) < 4.78 is 6.14. The van der Waals surface area contributed by atoms with E-state index in [0.29, 0.717) is 18.1 Å². The number of ether oxygens (including phenoxy) is 1. The van der Waals surface area contributed by atoms with Crippen LogP contribution >= 0.6 is 0 Å². The summed E-state index contributed by atoms with van der Waals surface area (Å²) in [5.74, 6) is 1.20. The van der Waals surface area contributed by atoms with Crippen molar-refractivity contribution < 1.29 is 4.74 Å². The van der Waals surface area contributed by atoms with E-state index in [0.717, 1.165) is 32.7 Å². The third-order valence-corrected chi connectivity index (χ3v) is 6.67. The molecule has 5 aliphatic rings. The monoisotopic (exact) mass is 331 g/mol. The highest BCUT2D eigenvalue weighted by Crippen LogP contribution is 2.39. The van der Waals surface area contributed by atoms with E-state index in [4.69, 9.17) is 9.73 Å². The van der Waals surface area contributed by atoms with Crippen molar-refractivity contribution in [3.63, 3.8) is 0 Å². The van der Waals surface area contributed by atoms with Crippen LogP contribution < -0.4 is 5.32 Å². The fourth-order valence-corrected chi connectivity index (χ4v) is 5.43. The van der Waals surface area contributed by atoms with E-state index in [9.17, 15) is 0 Å². The molecule has 6 nitrogen and oxygen atoms in total. The zero-order chi connectivity index (χ0) is 16.0. The lowest BCUT2D eigenvalue weighted by Crippen LogP contribution is -2.53. The molecule has 0 aromatic carbocycles. The molecule has 2 atom stereocenters. The van der Waals surface area contributed by atoms with E-state index >= 15 is 0 Å². The van der Waals surface area contributed by atoms with Crippen molar-refractivity contribution in [1.29, 1.82) is 0 Å². The molecule has 1 N–H and O–H groups in total. The fraction of sp³-hybridized carbons (Fsp3) is 0.889. The summed E-state index contributed by atoms with van der Waals surface area (Å²) in [5, 5.41) is 3.69. The van der Waals surface area contributed by atoms with Crippen LogP contribution in [-0.2, 0) is 4.74 Å². The van der Waals surface area contributed by atoms with Gasteiger partial charge >= 0.3 is 6.02 Å². The quantitative estimate of drug-likeness (QED) is 0.827. The molecule has 0 spiro atoms. The molecule has 5 heterocycles. The fourth-order valence-electron chi connectivity index (χ4n) is 5.43. The maximum Gasteiger partial charge on any atom is 0.313 e. The van der Waals surface area contributed by atoms with Gasteiger partial charge in [-0.15, -0.1) is 0 Å². The van der Waals surface area contributed by atoms with Crippen LogP contribution in [0.4, 0.5) is 0 Å². The summed E-state index contributed by atoms with van der Waals surface area (Å²) in [7, 11) is 0. The minimum atomic E-state index is 0.282. The average Bonchev–Trinajstić information content (AvgIpc) is 3.27. The third kappa shape index (κ3) is 2.64. The first kappa shape index (κ1) is 15.1. The van der Waals surface area contributed by atoms with Crippen molar-refractivity contribution in [1.82, 2.24) is 15.1 Å². The van der Waals surface area contributed by atoms with E-state index in [2.05, 4.69) is 20.1 Å². The number of nitrogens with zero attached hydrogens (tertiary/aromatic N) is 4. The van der Waals surface area contributed by atoms with Gasteiger partial charge in [-0.3, -0.25) is 4.90 Å². The Morgan fingerprint density at radius 1 is 1.12 bits per heavy atom. The van der Waals surface area contributed by atoms with Gasteiger partial charge in [-0.25, -0.2) is 4.99 Å². The highest BCUT2D eigenvalue weighted by atomic mass is 16.5. The molecular formula is C18H29N5O. The Hall–Kier alpha value is -1.14. The second-order valence-electron chi connectivity index (χ2n) is 8.19. The smallest absolute Gasteiger partial charge is 0.313 e. The Morgan fingerprint density at radius 2 is 1.88 bits per heavy atom. The van der Waals surface area contributed by atoms with Gasteiger partial charge in [0.25, 0.3) is 0 Å². The third-order valence-electron chi connectivity index (χ3n) is 6.67. The van der Waals surface area contributed by atoms with Crippen molar-refractivity contribution in [2.45, 2.75) is 62.6 Å². The van der Waals surface area contributed by atoms with Gasteiger partial charge in [0.05, 0.1) is 12.1 Å². The van der Waals surface area contributed by atoms with Crippen molar-refractivity contribution in [2.75, 3.05) is 39.3 Å². The second kappa shape index (κ2) is 5.99. The van der Waals surface area contributed by atoms with Crippen molar-refractivity contribution in [2.24, 2.45) is 9.98 Å². The molecule has 0 radical (unpaired) electrons. The van der Waals surface area contributed by atoms with Gasteiger partial charge in [0.15, 0.2) is 0 Å². The van der Waals surface area contributed by atoms with Gasteiger partial charge in [-0.1, -0.05) is 0 Å². The highest BCUT2D eigenvalue weighted by Gasteiger charge is 2.45. The summed E-state index contributed by atoms with van der Waals surface area (Å²) in [6.07, 6.45) is 8.76. The standard InChI is InChI=1S/C18H29N5O/c1-6-18(7-2-10-23(18)9-1)13-24-17-19-8-5-16(21-17)22-11-14-3-4-15(12-22)20-14/h14-15,20H,1-13H2. The van der Waals surface area contributed by atoms with Crippen molar-refractivity contribution in [3.05, 3.63) is 0 Å². The van der Waals surface area contributed by atoms with Gasteiger partial charge < -0.3 is 15.0 Å². The first-order valence-electron chi connectivity index (χ1n) is 9.82. The number of fused-ring (bicyclic) bond motifs is 3. The Labute approximate surface area is 144 Å². The lowest BCUT2D eigenvalue weighted by molar-refractivity contribution is 0.105. The van der Waals surface area contributed by atoms with E-state index in [1.807, 2.05) is 0 Å². The topological polar surface area (TPSA) is 52.5 Å². The number of aliphatic imine (C=N–C) groups is 2. The van der Waals surface area contributed by atoms with Gasteiger partial charge in [0.1, 0.15) is 12.4 Å². The van der Waals surface area contributed by atoms with E-state index < -0.39 is 0 Å². The minimum absolute atomic E-state index is 0.282. The largest absolute Gasteiger partial charge is 0.462 e. The van der Waals surface area contributed by atoms with Crippen LogP contribution in [0.15, 0.2) is 9.98 Å². The Bertz CT molecular complexity index is 538. The van der Waals surface area contributed by atoms with E-state index in [-0.39, 0.29) is 5.54 Å². The molecule has 132 valence electrons. The molecule has 0 saturated carbocycles. The van der Waals surface area contributed by atoms with Crippen LogP contribution in [0, 0.1) is 0 Å². The number of piperazine rings is 1. The van der Waals surface area contributed by atoms with E-state index in [1.54, 1.807) is 0 Å². The molecule has 4 saturated heterocycles. The lowest BCUT2D eigenvalue weighted by atomic mass is 9.95. The Kier molecular flexibility index (Phi) is 3.78. The summed E-state index contributed by atoms with van der Waals surface area (Å²) in [6.45, 7) is 6.28. The van der Waals surface area contributed by atoms with Gasteiger partial charge in [0, 0.05) is 31.6 Å². The number of rotatable bonds is 2. The molecule has 5 aliphatic heterocycles. The Morgan fingerprint density at radius 3 is 2.62 bits per heavy atom. The van der Waals surface area contributed by atoms with Crippen LogP contribution in [0.2, 0.25) is 0 Å². The summed E-state index contributed by atoms with van der Waals surface area (Å²) in [5.41, 5.74) is 0.282. The lowest BCUT2D eigenvalue weighted by Gasteiger charge is -2.36. The first-order valence-corrected chi connectivity index (χ1v) is 9.82. The van der Waals surface area contributed by atoms with Crippen molar-refractivity contribution >= 4 is 11.9 Å². The highest BCUT2D eigenvalue weighted by molar-refractivity contribution is 5.95. The summed E-state index contributed by atoms with van der Waals surface area (Å²) >= 11 is 0. The second-order valence-corrected chi connectivity index (χ2v) is 8.19. The van der Waals surface area contributed by atoms with Crippen LogP contribution in [0.3, 0.4) is 0 Å². The maximum absolute atomic E-state index is 6.14. The maximum atomic E-state index is 6.14. The predicted molar refractivity (Wildman–Crippen MR) is 94.6 cm³/mol. The summed E-state index contributed by atoms with van der Waals surface area (Å²) in [6, 6.07) is 1.94. The van der Waals surface area contributed by atoms with Crippen LogP contribution in [-0.4, -0.2) is 78.6 Å². The molecule has 0 aromatic heterocycles. The molecule has 4 fully saturated rings. The van der Waals surface area contributed by atoms with Crippen LogP contribution in [0.1, 0.15) is 44.9 Å². The predicted octanol–water partition coefficient (Wildman–Crippen LogP) is 1.23. The SMILES string of the molecule is C1CN2CCCC2(COC2=NCCC(N3CC4CCC(C3)N4)=N2)C1. The number of amidine groups is 2. The molecular weight excluding hydrogens is 302 g/mol. The van der Waals surface area contributed by atoms with Gasteiger partial charge in [-0.2, -0.15) is 4.99 Å². The van der Waals surface area contributed by atoms with Crippen LogP contribution in [0.25, 0.3) is 0 Å². The molecule has 6 heteroatoms. The molecule has 0 aliphatic carbocycles. The average molecular weight is 331 g/mol. The zero-order valence-corrected chi connectivity index (χ0v) is 14.5. The molecule has 5 rings (SSSR count). The Balaban J connectivity index is 1.24. The summed E-state index contributed by atoms with van der Waals surface area (Å²) in [4.78, 5) is 14.5. The molecule has 0 amide bonds. The van der Waals surface area contributed by atoms with Gasteiger partial charge in [-0.05, 0) is 51.6 Å². The number of nitrogens with one attached hydrogen (secondary N) is 1. The molecule has 0 aromatic rings. The normalized spacial score (nSPS) is 34.9. The van der Waals surface area contributed by atoms with Gasteiger partial charge in [0.2, 0.25) is 0 Å². The molecule has 2 unspecified atom stereocenters. The number of hydrogen-bond donors (Lipinski definition) is 1. The zero-order valence-electron chi connectivity index (χ0n) is 14.5. The molecule has 2 bridgehead atoms. The number of hydrogen-bond acceptors (Lipinski definition) is 6. The molecule has 24 heavy (non-hydrogen) atoms. The van der Waals surface area contributed by atoms with Crippen molar-refractivity contribution in [3.8, 4) is 0 Å². The van der Waals surface area contributed by atoms with E-state index in [1.165, 1.54) is 57.5 Å². The first-order chi connectivity index (χ1) is 11.8.